The molecule has 0 fully saturated rings. The van der Waals surface area contributed by atoms with Gasteiger partial charge < -0.3 is 10.5 Å². The first-order valence-corrected chi connectivity index (χ1v) is 4.75. The lowest BCUT2D eigenvalue weighted by Crippen LogP contribution is -2.11. The molecular weight excluding hydrogens is 216 g/mol. The van der Waals surface area contributed by atoms with Gasteiger partial charge in [0, 0.05) is 17.7 Å². The smallest absolute Gasteiger partial charge is 0.367 e. The zero-order valence-corrected chi connectivity index (χ0v) is 8.27. The largest absolute Gasteiger partial charge is 0.420 e. The lowest BCUT2D eigenvalue weighted by molar-refractivity contribution is 0.0729. The highest BCUT2D eigenvalue weighted by molar-refractivity contribution is 7.10. The van der Waals surface area contributed by atoms with Crippen molar-refractivity contribution in [2.24, 2.45) is 0 Å². The fourth-order valence-corrected chi connectivity index (χ4v) is 1.32. The van der Waals surface area contributed by atoms with E-state index in [2.05, 4.69) is 14.6 Å². The summed E-state index contributed by atoms with van der Waals surface area (Å²) in [6.07, 6.45) is 3.00. The van der Waals surface area contributed by atoms with Crippen LogP contribution in [0, 0.1) is 0 Å². The molecule has 0 aliphatic carbocycles. The molecule has 0 atom stereocenters. The van der Waals surface area contributed by atoms with Crippen LogP contribution in [0.15, 0.2) is 24.5 Å². The first-order chi connectivity index (χ1) is 7.27. The van der Waals surface area contributed by atoms with E-state index in [0.717, 1.165) is 11.5 Å². The Hall–Kier alpha value is -2.02. The van der Waals surface area contributed by atoms with Gasteiger partial charge in [0.1, 0.15) is 10.8 Å². The molecule has 0 aromatic carbocycles. The highest BCUT2D eigenvalue weighted by Gasteiger charge is 2.16. The van der Waals surface area contributed by atoms with Gasteiger partial charge in [0.25, 0.3) is 0 Å². The average Bonchev–Trinajstić information content (AvgIpc) is 2.66. The molecule has 0 saturated carbocycles. The molecule has 15 heavy (non-hydrogen) atoms. The summed E-state index contributed by atoms with van der Waals surface area (Å²) in [4.78, 5) is 15.3. The number of nitrogens with zero attached hydrogens (tertiary/aromatic N) is 3. The number of ether oxygens (including phenoxy) is 1. The van der Waals surface area contributed by atoms with Crippen molar-refractivity contribution in [1.82, 2.24) is 14.6 Å². The number of esters is 1. The highest BCUT2D eigenvalue weighted by Crippen LogP contribution is 2.15. The van der Waals surface area contributed by atoms with Crippen LogP contribution in [-0.4, -0.2) is 20.5 Å². The fourth-order valence-electron chi connectivity index (χ4n) is 0.902. The monoisotopic (exact) mass is 222 g/mol. The summed E-state index contributed by atoms with van der Waals surface area (Å²) in [5.41, 5.74) is 5.50. The Morgan fingerprint density at radius 2 is 2.40 bits per heavy atom. The average molecular weight is 222 g/mol. The molecule has 76 valence electrons. The Balaban J connectivity index is 2.15. The molecule has 2 N–H and O–H groups in total. The summed E-state index contributed by atoms with van der Waals surface area (Å²) >= 11 is 0.944. The van der Waals surface area contributed by atoms with Gasteiger partial charge in [-0.2, -0.15) is 0 Å². The van der Waals surface area contributed by atoms with Crippen LogP contribution in [0.5, 0.6) is 5.75 Å². The molecule has 2 heterocycles. The Morgan fingerprint density at radius 1 is 1.53 bits per heavy atom. The zero-order valence-electron chi connectivity index (χ0n) is 7.45. The topological polar surface area (TPSA) is 91.0 Å². The van der Waals surface area contributed by atoms with Crippen LogP contribution in [0.2, 0.25) is 0 Å². The lowest BCUT2D eigenvalue weighted by Gasteiger charge is -2.00. The van der Waals surface area contributed by atoms with E-state index in [1.165, 1.54) is 6.20 Å². The molecule has 2 rings (SSSR count). The number of nitrogens with two attached hydrogens (primary N) is 1. The normalized spacial score (nSPS) is 9.87. The lowest BCUT2D eigenvalue weighted by atomic mass is 10.4. The second-order valence-electron chi connectivity index (χ2n) is 2.56. The van der Waals surface area contributed by atoms with Crippen LogP contribution < -0.4 is 10.5 Å². The molecule has 7 heteroatoms. The Morgan fingerprint density at radius 3 is 3.00 bits per heavy atom. The summed E-state index contributed by atoms with van der Waals surface area (Å²) in [5.74, 6) is -0.288. The number of nitrogen functional groups attached to an aromatic ring is 1. The predicted octanol–water partition coefficient (Wildman–Crippen LogP) is 0.734. The molecule has 6 nitrogen and oxygen atoms in total. The summed E-state index contributed by atoms with van der Waals surface area (Å²) in [5, 5.41) is 3.80. The van der Waals surface area contributed by atoms with Gasteiger partial charge in [-0.05, 0) is 12.1 Å². The number of aromatic nitrogens is 3. The fraction of sp³-hybridized carbons (Fsp3) is 0. The molecule has 2 aromatic rings. The number of carbonyl (C=O) groups is 1. The van der Waals surface area contributed by atoms with Crippen molar-refractivity contribution in [1.29, 1.82) is 0 Å². The van der Waals surface area contributed by atoms with Gasteiger partial charge in [0.15, 0.2) is 0 Å². The minimum absolute atomic E-state index is 0.0313. The van der Waals surface area contributed by atoms with Crippen LogP contribution in [-0.2, 0) is 0 Å². The van der Waals surface area contributed by atoms with E-state index in [-0.39, 0.29) is 10.7 Å². The number of pyridine rings is 1. The van der Waals surface area contributed by atoms with Crippen molar-refractivity contribution < 1.29 is 9.53 Å². The molecule has 0 radical (unpaired) electrons. The van der Waals surface area contributed by atoms with E-state index in [4.69, 9.17) is 10.5 Å². The summed E-state index contributed by atoms with van der Waals surface area (Å²) in [6, 6.07) is 3.27. The second kappa shape index (κ2) is 4.01. The maximum Gasteiger partial charge on any atom is 0.367 e. The molecule has 0 bridgehead atoms. The minimum atomic E-state index is -0.630. The van der Waals surface area contributed by atoms with Crippen molar-refractivity contribution in [2.75, 3.05) is 5.73 Å². The van der Waals surface area contributed by atoms with E-state index < -0.39 is 5.97 Å². The van der Waals surface area contributed by atoms with E-state index in [1.807, 2.05) is 0 Å². The Bertz CT molecular complexity index is 471. The number of anilines is 1. The van der Waals surface area contributed by atoms with Crippen molar-refractivity contribution >= 4 is 22.5 Å². The van der Waals surface area contributed by atoms with Crippen molar-refractivity contribution in [3.8, 4) is 5.75 Å². The van der Waals surface area contributed by atoms with E-state index in [9.17, 15) is 4.79 Å². The predicted molar refractivity (Wildman–Crippen MR) is 53.5 cm³/mol. The second-order valence-corrected chi connectivity index (χ2v) is 3.35. The quantitative estimate of drug-likeness (QED) is 0.753. The van der Waals surface area contributed by atoms with Gasteiger partial charge >= 0.3 is 5.97 Å². The maximum atomic E-state index is 11.5. The molecule has 0 aliphatic rings. The summed E-state index contributed by atoms with van der Waals surface area (Å²) in [6.45, 7) is 0. The molecule has 0 aliphatic heterocycles. The van der Waals surface area contributed by atoms with Crippen LogP contribution >= 0.6 is 11.5 Å². The minimum Gasteiger partial charge on any atom is -0.420 e. The molecule has 0 saturated heterocycles. The van der Waals surface area contributed by atoms with Crippen molar-refractivity contribution in [3.63, 3.8) is 0 Å². The third-order valence-corrected chi connectivity index (χ3v) is 2.11. The third kappa shape index (κ3) is 2.08. The number of hydrogen-bond donors (Lipinski definition) is 1. The molecule has 2 aromatic heterocycles. The summed E-state index contributed by atoms with van der Waals surface area (Å²) in [7, 11) is 0. The van der Waals surface area contributed by atoms with E-state index in [1.54, 1.807) is 18.3 Å². The standard InChI is InChI=1S/C8H6N4O2S/c9-7-6(11-12-15-7)8(13)14-5-2-1-3-10-4-5/h1-4H,9H2. The van der Waals surface area contributed by atoms with Gasteiger partial charge in [0.05, 0.1) is 6.20 Å². The maximum absolute atomic E-state index is 11.5. The first-order valence-electron chi connectivity index (χ1n) is 3.97. The number of hydrogen-bond acceptors (Lipinski definition) is 7. The van der Waals surface area contributed by atoms with Gasteiger partial charge in [-0.25, -0.2) is 4.79 Å². The van der Waals surface area contributed by atoms with E-state index >= 15 is 0 Å². The zero-order chi connectivity index (χ0) is 10.7. The van der Waals surface area contributed by atoms with Crippen molar-refractivity contribution in [2.45, 2.75) is 0 Å². The van der Waals surface area contributed by atoms with Gasteiger partial charge in [0.2, 0.25) is 5.69 Å². The Kier molecular flexibility index (Phi) is 2.55. The van der Waals surface area contributed by atoms with Gasteiger partial charge in [-0.3, -0.25) is 4.98 Å². The highest BCUT2D eigenvalue weighted by atomic mass is 32.1. The van der Waals surface area contributed by atoms with Gasteiger partial charge in [-0.15, -0.1) is 5.10 Å². The molecule has 0 amide bonds. The molecular formula is C8H6N4O2S. The van der Waals surface area contributed by atoms with E-state index in [0.29, 0.717) is 5.75 Å². The van der Waals surface area contributed by atoms with Crippen LogP contribution in [0.3, 0.4) is 0 Å². The number of rotatable bonds is 2. The van der Waals surface area contributed by atoms with Crippen LogP contribution in [0.1, 0.15) is 10.5 Å². The summed E-state index contributed by atoms with van der Waals surface area (Å²) < 4.78 is 8.50. The molecule has 0 spiro atoms. The van der Waals surface area contributed by atoms with Crippen LogP contribution in [0.4, 0.5) is 5.00 Å². The van der Waals surface area contributed by atoms with Gasteiger partial charge in [-0.1, -0.05) is 4.49 Å². The number of carbonyl (C=O) groups excluding carboxylic acids is 1. The Labute approximate surface area is 88.9 Å². The molecule has 0 unspecified atom stereocenters. The van der Waals surface area contributed by atoms with Crippen molar-refractivity contribution in [3.05, 3.63) is 30.2 Å². The van der Waals surface area contributed by atoms with Crippen LogP contribution in [0.25, 0.3) is 0 Å². The third-order valence-electron chi connectivity index (χ3n) is 1.55. The first kappa shape index (κ1) is 9.53. The SMILES string of the molecule is Nc1snnc1C(=O)Oc1cccnc1.